The van der Waals surface area contributed by atoms with Crippen molar-refractivity contribution in [1.29, 1.82) is 0 Å². The average Bonchev–Trinajstić information content (AvgIpc) is 3.09. The lowest BCUT2D eigenvalue weighted by Gasteiger charge is -2.17. The summed E-state index contributed by atoms with van der Waals surface area (Å²) in [6, 6.07) is 14.4. The van der Waals surface area contributed by atoms with Crippen molar-refractivity contribution in [3.8, 4) is 11.6 Å². The lowest BCUT2D eigenvalue weighted by molar-refractivity contribution is -0.274. The standard InChI is InChI=1S/C22H18F3N3O3/c1-30-19-11-14(9-10-26-19)12-27-18-4-2-3-15-13-28(21(29)20(15)18)16-5-7-17(8-6-16)31-22(23,24)25/h2-11,27H,12-13H2,1H3. The van der Waals surface area contributed by atoms with Crippen molar-refractivity contribution in [1.82, 2.24) is 4.98 Å². The summed E-state index contributed by atoms with van der Waals surface area (Å²) in [5.74, 6) is -0.0664. The predicted molar refractivity (Wildman–Crippen MR) is 108 cm³/mol. The number of benzene rings is 2. The molecule has 0 spiro atoms. The Balaban J connectivity index is 1.51. The zero-order valence-corrected chi connectivity index (χ0v) is 16.4. The Bertz CT molecular complexity index is 1100. The normalized spacial score (nSPS) is 13.2. The van der Waals surface area contributed by atoms with E-state index in [2.05, 4.69) is 15.0 Å². The van der Waals surface area contributed by atoms with Crippen LogP contribution in [0.15, 0.2) is 60.8 Å². The van der Waals surface area contributed by atoms with Gasteiger partial charge in [-0.25, -0.2) is 4.98 Å². The molecule has 1 aromatic heterocycles. The summed E-state index contributed by atoms with van der Waals surface area (Å²) in [5, 5.41) is 3.27. The first kappa shape index (κ1) is 20.5. The fourth-order valence-corrected chi connectivity index (χ4v) is 3.41. The number of nitrogens with one attached hydrogen (secondary N) is 1. The summed E-state index contributed by atoms with van der Waals surface area (Å²) >= 11 is 0. The van der Waals surface area contributed by atoms with Crippen LogP contribution in [0.1, 0.15) is 21.5 Å². The van der Waals surface area contributed by atoms with Gasteiger partial charge in [-0.2, -0.15) is 0 Å². The highest BCUT2D eigenvalue weighted by molar-refractivity contribution is 6.13. The number of aromatic nitrogens is 1. The van der Waals surface area contributed by atoms with Gasteiger partial charge in [0.15, 0.2) is 0 Å². The number of pyridine rings is 1. The molecule has 3 aromatic rings. The number of methoxy groups -OCH3 is 1. The molecule has 31 heavy (non-hydrogen) atoms. The number of hydrogen-bond donors (Lipinski definition) is 1. The fourth-order valence-electron chi connectivity index (χ4n) is 3.41. The maximum atomic E-state index is 13.1. The summed E-state index contributed by atoms with van der Waals surface area (Å²) in [4.78, 5) is 18.7. The van der Waals surface area contributed by atoms with Crippen LogP contribution in [0.3, 0.4) is 0 Å². The third kappa shape index (κ3) is 4.55. The highest BCUT2D eigenvalue weighted by Gasteiger charge is 2.32. The zero-order valence-electron chi connectivity index (χ0n) is 16.4. The van der Waals surface area contributed by atoms with Crippen molar-refractivity contribution < 1.29 is 27.4 Å². The minimum Gasteiger partial charge on any atom is -0.481 e. The summed E-state index contributed by atoms with van der Waals surface area (Å²) in [6.07, 6.45) is -3.12. The Labute approximate surface area is 176 Å². The maximum absolute atomic E-state index is 13.1. The number of carbonyl (C=O) groups excluding carboxylic acids is 1. The molecule has 1 aliphatic rings. The van der Waals surface area contributed by atoms with Crippen LogP contribution >= 0.6 is 0 Å². The van der Waals surface area contributed by atoms with E-state index >= 15 is 0 Å². The van der Waals surface area contributed by atoms with Crippen LogP contribution in [0.2, 0.25) is 0 Å². The molecule has 0 fully saturated rings. The highest BCUT2D eigenvalue weighted by Crippen LogP contribution is 2.34. The predicted octanol–water partition coefficient (Wildman–Crippen LogP) is 4.76. The molecule has 0 unspecified atom stereocenters. The first-order valence-corrected chi connectivity index (χ1v) is 9.36. The van der Waals surface area contributed by atoms with E-state index in [1.165, 1.54) is 29.2 Å². The van der Waals surface area contributed by atoms with Gasteiger partial charge in [0.25, 0.3) is 5.91 Å². The SMILES string of the molecule is COc1cc(CNc2cccc3c2C(=O)N(c2ccc(OC(F)(F)F)cc2)C3)ccn1. The van der Waals surface area contributed by atoms with E-state index in [1.807, 2.05) is 24.3 Å². The van der Waals surface area contributed by atoms with Crippen LogP contribution < -0.4 is 19.7 Å². The average molecular weight is 429 g/mol. The molecule has 0 saturated heterocycles. The number of ether oxygens (including phenoxy) is 2. The molecule has 0 aliphatic carbocycles. The lowest BCUT2D eigenvalue weighted by Crippen LogP contribution is -2.23. The second-order valence-electron chi connectivity index (χ2n) is 6.83. The van der Waals surface area contributed by atoms with Gasteiger partial charge in [0.2, 0.25) is 5.88 Å². The molecule has 1 N–H and O–H groups in total. The molecule has 9 heteroatoms. The van der Waals surface area contributed by atoms with Gasteiger partial charge in [-0.1, -0.05) is 12.1 Å². The van der Waals surface area contributed by atoms with E-state index in [0.29, 0.717) is 35.9 Å². The van der Waals surface area contributed by atoms with Crippen molar-refractivity contribution in [3.05, 3.63) is 77.5 Å². The summed E-state index contributed by atoms with van der Waals surface area (Å²) < 4.78 is 46.1. The molecule has 1 aliphatic heterocycles. The molecule has 0 atom stereocenters. The minimum atomic E-state index is -4.76. The van der Waals surface area contributed by atoms with Crippen molar-refractivity contribution in [2.75, 3.05) is 17.3 Å². The maximum Gasteiger partial charge on any atom is 0.573 e. The van der Waals surface area contributed by atoms with Gasteiger partial charge in [-0.3, -0.25) is 4.79 Å². The minimum absolute atomic E-state index is 0.227. The van der Waals surface area contributed by atoms with Crippen LogP contribution in [0.25, 0.3) is 0 Å². The molecule has 2 aromatic carbocycles. The Kier molecular flexibility index (Phi) is 5.41. The number of carbonyl (C=O) groups is 1. The number of alkyl halides is 3. The second-order valence-corrected chi connectivity index (χ2v) is 6.83. The van der Waals surface area contributed by atoms with Crippen LogP contribution in [-0.2, 0) is 13.1 Å². The largest absolute Gasteiger partial charge is 0.573 e. The first-order valence-electron chi connectivity index (χ1n) is 9.36. The molecule has 4 rings (SSSR count). The van der Waals surface area contributed by atoms with Crippen molar-refractivity contribution in [2.24, 2.45) is 0 Å². The van der Waals surface area contributed by atoms with Crippen molar-refractivity contribution >= 4 is 17.3 Å². The number of anilines is 2. The summed E-state index contributed by atoms with van der Waals surface area (Å²) in [6.45, 7) is 0.790. The molecule has 2 heterocycles. The fraction of sp³-hybridized carbons (Fsp3) is 0.182. The zero-order chi connectivity index (χ0) is 22.0. The Morgan fingerprint density at radius 2 is 1.90 bits per heavy atom. The van der Waals surface area contributed by atoms with Gasteiger partial charge in [0.1, 0.15) is 5.75 Å². The summed E-state index contributed by atoms with van der Waals surface area (Å²) in [7, 11) is 1.54. The van der Waals surface area contributed by atoms with Gasteiger partial charge in [-0.05, 0) is 47.5 Å². The van der Waals surface area contributed by atoms with E-state index in [4.69, 9.17) is 4.74 Å². The van der Waals surface area contributed by atoms with Crippen molar-refractivity contribution in [2.45, 2.75) is 19.5 Å². The van der Waals surface area contributed by atoms with Crippen LogP contribution in [-0.4, -0.2) is 24.4 Å². The second kappa shape index (κ2) is 8.17. The van der Waals surface area contributed by atoms with Crippen molar-refractivity contribution in [3.63, 3.8) is 0 Å². The molecular weight excluding hydrogens is 411 g/mol. The smallest absolute Gasteiger partial charge is 0.481 e. The molecule has 0 saturated carbocycles. The van der Waals surface area contributed by atoms with Gasteiger partial charge in [-0.15, -0.1) is 13.2 Å². The van der Waals surface area contributed by atoms with E-state index in [0.717, 1.165) is 11.1 Å². The number of amides is 1. The molecular formula is C22H18F3N3O3. The third-order valence-electron chi connectivity index (χ3n) is 4.81. The van der Waals surface area contributed by atoms with Gasteiger partial charge >= 0.3 is 6.36 Å². The molecule has 0 bridgehead atoms. The third-order valence-corrected chi connectivity index (χ3v) is 4.81. The summed E-state index contributed by atoms with van der Waals surface area (Å²) in [5.41, 5.74) is 3.47. The van der Waals surface area contributed by atoms with Gasteiger partial charge < -0.3 is 19.7 Å². The Morgan fingerprint density at radius 1 is 1.13 bits per heavy atom. The number of hydrogen-bond acceptors (Lipinski definition) is 5. The number of nitrogens with zero attached hydrogens (tertiary/aromatic N) is 2. The topological polar surface area (TPSA) is 63.7 Å². The number of halogens is 3. The molecule has 1 amide bonds. The lowest BCUT2D eigenvalue weighted by atomic mass is 10.1. The molecule has 6 nitrogen and oxygen atoms in total. The Morgan fingerprint density at radius 3 is 2.61 bits per heavy atom. The highest BCUT2D eigenvalue weighted by atomic mass is 19.4. The Hall–Kier alpha value is -3.75. The first-order chi connectivity index (χ1) is 14.8. The van der Waals surface area contributed by atoms with E-state index < -0.39 is 6.36 Å². The quantitative estimate of drug-likeness (QED) is 0.612. The van der Waals surface area contributed by atoms with Crippen LogP contribution in [0.5, 0.6) is 11.6 Å². The van der Waals surface area contributed by atoms with Crippen LogP contribution in [0.4, 0.5) is 24.5 Å². The molecule has 160 valence electrons. The van der Waals surface area contributed by atoms with E-state index in [9.17, 15) is 18.0 Å². The van der Waals surface area contributed by atoms with Gasteiger partial charge in [0, 0.05) is 30.2 Å². The number of rotatable bonds is 6. The van der Waals surface area contributed by atoms with E-state index in [1.54, 1.807) is 19.4 Å². The van der Waals surface area contributed by atoms with E-state index in [-0.39, 0.29) is 11.7 Å². The van der Waals surface area contributed by atoms with Crippen LogP contribution in [0, 0.1) is 0 Å². The number of fused-ring (bicyclic) bond motifs is 1. The molecule has 0 radical (unpaired) electrons. The van der Waals surface area contributed by atoms with Gasteiger partial charge in [0.05, 0.1) is 19.2 Å². The monoisotopic (exact) mass is 429 g/mol.